The quantitative estimate of drug-likeness (QED) is 0.287. The normalized spacial score (nSPS) is 23.8. The highest BCUT2D eigenvalue weighted by Gasteiger charge is 2.48. The lowest BCUT2D eigenvalue weighted by Crippen LogP contribution is -2.46. The van der Waals surface area contributed by atoms with Crippen molar-refractivity contribution in [2.75, 3.05) is 13.2 Å². The number of benzene rings is 2. The zero-order valence-electron chi connectivity index (χ0n) is 20.7. The van der Waals surface area contributed by atoms with Crippen molar-refractivity contribution in [2.24, 2.45) is 11.8 Å². The Hall–Kier alpha value is -2.70. The molecular formula is C29H36O6. The number of esters is 2. The predicted molar refractivity (Wildman–Crippen MR) is 131 cm³/mol. The van der Waals surface area contributed by atoms with Gasteiger partial charge in [-0.3, -0.25) is 4.79 Å². The van der Waals surface area contributed by atoms with E-state index >= 15 is 0 Å². The van der Waals surface area contributed by atoms with E-state index in [1.165, 1.54) is 0 Å². The highest BCUT2D eigenvalue weighted by atomic mass is 16.7. The Labute approximate surface area is 207 Å². The first-order valence-electron chi connectivity index (χ1n) is 12.8. The fourth-order valence-corrected chi connectivity index (χ4v) is 5.08. The molecule has 1 aliphatic carbocycles. The minimum atomic E-state index is -1.58. The third kappa shape index (κ3) is 6.11. The Morgan fingerprint density at radius 2 is 1.57 bits per heavy atom. The van der Waals surface area contributed by atoms with E-state index in [9.17, 15) is 9.59 Å². The minimum absolute atomic E-state index is 0.177. The van der Waals surface area contributed by atoms with Gasteiger partial charge in [-0.2, -0.15) is 0 Å². The summed E-state index contributed by atoms with van der Waals surface area (Å²) in [5.74, 6) is -0.687. The van der Waals surface area contributed by atoms with Gasteiger partial charge in [-0.25, -0.2) is 4.79 Å². The maximum Gasteiger partial charge on any atom is 0.348 e. The average Bonchev–Trinajstić information content (AvgIpc) is 3.34. The third-order valence-corrected chi connectivity index (χ3v) is 6.95. The topological polar surface area (TPSA) is 71.1 Å². The molecule has 0 radical (unpaired) electrons. The Morgan fingerprint density at radius 3 is 2.17 bits per heavy atom. The Kier molecular flexibility index (Phi) is 8.58. The van der Waals surface area contributed by atoms with Gasteiger partial charge in [0.2, 0.25) is 11.9 Å². The summed E-state index contributed by atoms with van der Waals surface area (Å²) in [6.07, 6.45) is 4.45. The summed E-state index contributed by atoms with van der Waals surface area (Å²) in [7, 11) is 0. The zero-order valence-corrected chi connectivity index (χ0v) is 20.7. The van der Waals surface area contributed by atoms with Crippen LogP contribution in [0.4, 0.5) is 0 Å². The zero-order chi connectivity index (χ0) is 24.7. The SMILES string of the molecule is CC1CCCCC(OC(=O)C(OC(C)OC(=O)C2CCOC2)(c2ccccc2)c2ccccc2)C1. The largest absolute Gasteiger partial charge is 0.460 e. The maximum atomic E-state index is 14.1. The highest BCUT2D eigenvalue weighted by molar-refractivity contribution is 5.86. The van der Waals surface area contributed by atoms with Gasteiger partial charge in [-0.15, -0.1) is 0 Å². The van der Waals surface area contributed by atoms with Gasteiger partial charge in [0.15, 0.2) is 0 Å². The van der Waals surface area contributed by atoms with E-state index < -0.39 is 17.9 Å². The fraction of sp³-hybridized carbons (Fsp3) is 0.517. The van der Waals surface area contributed by atoms with Crippen LogP contribution in [0.15, 0.2) is 60.7 Å². The molecule has 35 heavy (non-hydrogen) atoms. The molecule has 1 saturated carbocycles. The number of rotatable bonds is 8. The maximum absolute atomic E-state index is 14.1. The van der Waals surface area contributed by atoms with Crippen molar-refractivity contribution >= 4 is 11.9 Å². The molecule has 188 valence electrons. The lowest BCUT2D eigenvalue weighted by Gasteiger charge is -2.36. The molecule has 2 aromatic carbocycles. The van der Waals surface area contributed by atoms with E-state index in [2.05, 4.69) is 6.92 Å². The smallest absolute Gasteiger partial charge is 0.348 e. The molecule has 0 bridgehead atoms. The molecule has 1 saturated heterocycles. The number of carbonyl (C=O) groups is 2. The molecule has 0 amide bonds. The van der Waals surface area contributed by atoms with Crippen LogP contribution in [-0.4, -0.2) is 37.5 Å². The first-order valence-corrected chi connectivity index (χ1v) is 12.8. The summed E-state index contributed by atoms with van der Waals surface area (Å²) >= 11 is 0. The fourth-order valence-electron chi connectivity index (χ4n) is 5.08. The molecule has 1 heterocycles. The van der Waals surface area contributed by atoms with Gasteiger partial charge in [0, 0.05) is 6.61 Å². The van der Waals surface area contributed by atoms with Crippen molar-refractivity contribution in [3.63, 3.8) is 0 Å². The summed E-state index contributed by atoms with van der Waals surface area (Å²) in [6, 6.07) is 18.6. The van der Waals surface area contributed by atoms with Gasteiger partial charge in [0.05, 0.1) is 12.5 Å². The average molecular weight is 481 g/mol. The lowest BCUT2D eigenvalue weighted by atomic mass is 9.85. The second-order valence-electron chi connectivity index (χ2n) is 9.75. The van der Waals surface area contributed by atoms with Crippen LogP contribution in [0.2, 0.25) is 0 Å². The van der Waals surface area contributed by atoms with Gasteiger partial charge in [0.1, 0.15) is 6.10 Å². The number of hydrogen-bond acceptors (Lipinski definition) is 6. The van der Waals surface area contributed by atoms with E-state index in [1.54, 1.807) is 6.92 Å². The van der Waals surface area contributed by atoms with Crippen molar-refractivity contribution in [1.82, 2.24) is 0 Å². The molecule has 0 N–H and O–H groups in total. The molecular weight excluding hydrogens is 444 g/mol. The van der Waals surface area contributed by atoms with Crippen LogP contribution >= 0.6 is 0 Å². The van der Waals surface area contributed by atoms with Crippen molar-refractivity contribution in [2.45, 2.75) is 70.4 Å². The summed E-state index contributed by atoms with van der Waals surface area (Å²) in [5, 5.41) is 0. The minimum Gasteiger partial charge on any atom is -0.460 e. The van der Waals surface area contributed by atoms with E-state index in [4.69, 9.17) is 18.9 Å². The second-order valence-corrected chi connectivity index (χ2v) is 9.75. The monoisotopic (exact) mass is 480 g/mol. The van der Waals surface area contributed by atoms with E-state index in [1.807, 2.05) is 60.7 Å². The molecule has 6 heteroatoms. The van der Waals surface area contributed by atoms with Gasteiger partial charge >= 0.3 is 11.9 Å². The summed E-state index contributed by atoms with van der Waals surface area (Å²) in [6.45, 7) is 4.74. The lowest BCUT2D eigenvalue weighted by molar-refractivity contribution is -0.219. The van der Waals surface area contributed by atoms with Crippen LogP contribution in [0.25, 0.3) is 0 Å². The molecule has 2 aliphatic rings. The molecule has 2 fully saturated rings. The molecule has 4 atom stereocenters. The summed E-state index contributed by atoms with van der Waals surface area (Å²) < 4.78 is 23.6. The molecule has 2 aromatic rings. The van der Waals surface area contributed by atoms with Crippen LogP contribution < -0.4 is 0 Å². The van der Waals surface area contributed by atoms with E-state index in [0.29, 0.717) is 36.7 Å². The van der Waals surface area contributed by atoms with Crippen molar-refractivity contribution in [3.8, 4) is 0 Å². The van der Waals surface area contributed by atoms with Crippen LogP contribution in [0.3, 0.4) is 0 Å². The molecule has 4 rings (SSSR count). The van der Waals surface area contributed by atoms with Crippen molar-refractivity contribution in [3.05, 3.63) is 71.8 Å². The number of hydrogen-bond donors (Lipinski definition) is 0. The van der Waals surface area contributed by atoms with Crippen molar-refractivity contribution < 1.29 is 28.5 Å². The summed E-state index contributed by atoms with van der Waals surface area (Å²) in [4.78, 5) is 26.8. The molecule has 0 aromatic heterocycles. The Morgan fingerprint density at radius 1 is 0.943 bits per heavy atom. The van der Waals surface area contributed by atoms with Crippen LogP contribution in [-0.2, 0) is 34.1 Å². The first-order chi connectivity index (χ1) is 17.0. The molecule has 4 unspecified atom stereocenters. The van der Waals surface area contributed by atoms with Crippen LogP contribution in [0, 0.1) is 11.8 Å². The van der Waals surface area contributed by atoms with Crippen LogP contribution in [0.1, 0.15) is 63.5 Å². The summed E-state index contributed by atoms with van der Waals surface area (Å²) in [5.41, 5.74) is -0.320. The second kappa shape index (κ2) is 11.8. The third-order valence-electron chi connectivity index (χ3n) is 6.95. The Balaban J connectivity index is 1.67. The van der Waals surface area contributed by atoms with Gasteiger partial charge in [0.25, 0.3) is 0 Å². The highest BCUT2D eigenvalue weighted by Crippen LogP contribution is 2.38. The standard InChI is InChI=1S/C29H36O6/c1-21-11-9-10-16-26(19-21)34-28(31)29(24-12-5-3-6-13-24,25-14-7-4-8-15-25)35-22(2)33-27(30)23-17-18-32-20-23/h3-8,12-15,21-23,26H,9-11,16-20H2,1-2H3. The van der Waals surface area contributed by atoms with Gasteiger partial charge in [-0.05, 0) is 49.7 Å². The van der Waals surface area contributed by atoms with E-state index in [0.717, 1.165) is 32.1 Å². The number of carbonyl (C=O) groups excluding carboxylic acids is 2. The Bertz CT molecular complexity index is 914. The van der Waals surface area contributed by atoms with E-state index in [-0.39, 0.29) is 18.0 Å². The predicted octanol–water partition coefficient (Wildman–Crippen LogP) is 5.38. The van der Waals surface area contributed by atoms with Crippen molar-refractivity contribution in [1.29, 1.82) is 0 Å². The number of ether oxygens (including phenoxy) is 4. The molecule has 1 aliphatic heterocycles. The van der Waals surface area contributed by atoms with Crippen LogP contribution in [0.5, 0.6) is 0 Å². The first kappa shape index (κ1) is 25.4. The molecule has 0 spiro atoms. The van der Waals surface area contributed by atoms with Gasteiger partial charge < -0.3 is 18.9 Å². The van der Waals surface area contributed by atoms with Gasteiger partial charge in [-0.1, -0.05) is 80.4 Å². The molecule has 6 nitrogen and oxygen atoms in total.